The highest BCUT2D eigenvalue weighted by Crippen LogP contribution is 2.28. The van der Waals surface area contributed by atoms with Crippen molar-refractivity contribution in [3.05, 3.63) is 23.8 Å². The van der Waals surface area contributed by atoms with Gasteiger partial charge in [0.25, 0.3) is 0 Å². The minimum atomic E-state index is 0. The second-order valence-corrected chi connectivity index (χ2v) is 6.35. The Labute approximate surface area is 180 Å². The van der Waals surface area contributed by atoms with E-state index < -0.39 is 0 Å². The minimum absolute atomic E-state index is 0. The molecule has 1 N–H and O–H groups in total. The van der Waals surface area contributed by atoms with Crippen molar-refractivity contribution >= 4 is 29.9 Å². The van der Waals surface area contributed by atoms with Gasteiger partial charge in [-0.1, -0.05) is 6.07 Å². The summed E-state index contributed by atoms with van der Waals surface area (Å²) >= 11 is 0. The second-order valence-electron chi connectivity index (χ2n) is 6.35. The van der Waals surface area contributed by atoms with Gasteiger partial charge in [0.05, 0.1) is 26.9 Å². The van der Waals surface area contributed by atoms with Crippen LogP contribution in [0.4, 0.5) is 0 Å². The molecule has 0 radical (unpaired) electrons. The predicted octanol–water partition coefficient (Wildman–Crippen LogP) is 3.54. The number of nitrogens with one attached hydrogen (secondary N) is 1. The van der Waals surface area contributed by atoms with Gasteiger partial charge in [-0.3, -0.25) is 0 Å². The maximum atomic E-state index is 5.66. The van der Waals surface area contributed by atoms with E-state index in [0.717, 1.165) is 62.3 Å². The van der Waals surface area contributed by atoms with Gasteiger partial charge in [-0.05, 0) is 44.9 Å². The number of aliphatic imine (C=N–C) groups is 1. The molecule has 1 unspecified atom stereocenters. The number of nitrogens with zero attached hydrogens (tertiary/aromatic N) is 2. The predicted molar refractivity (Wildman–Crippen MR) is 121 cm³/mol. The number of halogens is 1. The molecule has 1 aromatic carbocycles. The van der Waals surface area contributed by atoms with Crippen molar-refractivity contribution in [3.8, 4) is 11.5 Å². The summed E-state index contributed by atoms with van der Waals surface area (Å²) in [6.45, 7) is 11.8. The Bertz CT molecular complexity index is 584. The number of hydrogen-bond acceptors (Lipinski definition) is 4. The number of methoxy groups -OCH3 is 1. The molecule has 0 spiro atoms. The smallest absolute Gasteiger partial charge is 0.194 e. The zero-order valence-electron chi connectivity index (χ0n) is 17.0. The van der Waals surface area contributed by atoms with E-state index in [9.17, 15) is 0 Å². The van der Waals surface area contributed by atoms with Crippen molar-refractivity contribution < 1.29 is 14.2 Å². The first-order valence-corrected chi connectivity index (χ1v) is 9.62. The molecule has 6 nitrogen and oxygen atoms in total. The molecule has 0 bridgehead atoms. The van der Waals surface area contributed by atoms with Crippen LogP contribution in [-0.2, 0) is 11.3 Å². The fourth-order valence-corrected chi connectivity index (χ4v) is 3.13. The van der Waals surface area contributed by atoms with E-state index in [4.69, 9.17) is 19.2 Å². The number of hydrogen-bond donors (Lipinski definition) is 1. The van der Waals surface area contributed by atoms with Crippen molar-refractivity contribution in [3.63, 3.8) is 0 Å². The van der Waals surface area contributed by atoms with Gasteiger partial charge >= 0.3 is 0 Å². The second kappa shape index (κ2) is 13.0. The molecule has 0 amide bonds. The molecule has 1 fully saturated rings. The van der Waals surface area contributed by atoms with E-state index in [2.05, 4.69) is 17.1 Å². The molecular formula is C20H34IN3O3. The van der Waals surface area contributed by atoms with Gasteiger partial charge in [0.2, 0.25) is 0 Å². The summed E-state index contributed by atoms with van der Waals surface area (Å²) in [5, 5.41) is 3.41. The molecule has 7 heteroatoms. The lowest BCUT2D eigenvalue weighted by Crippen LogP contribution is -2.40. The number of rotatable bonds is 9. The third kappa shape index (κ3) is 7.37. The highest BCUT2D eigenvalue weighted by Gasteiger charge is 2.24. The van der Waals surface area contributed by atoms with Crippen molar-refractivity contribution in [1.82, 2.24) is 10.2 Å². The number of ether oxygens (including phenoxy) is 3. The molecule has 2 rings (SSSR count). The van der Waals surface area contributed by atoms with Gasteiger partial charge in [0, 0.05) is 32.2 Å². The monoisotopic (exact) mass is 491 g/mol. The van der Waals surface area contributed by atoms with Crippen LogP contribution in [0.25, 0.3) is 0 Å². The first kappa shape index (κ1) is 23.8. The molecule has 1 aliphatic rings. The molecule has 1 heterocycles. The van der Waals surface area contributed by atoms with Crippen molar-refractivity contribution in [2.75, 3.05) is 46.6 Å². The van der Waals surface area contributed by atoms with Crippen LogP contribution in [0.2, 0.25) is 0 Å². The highest BCUT2D eigenvalue weighted by molar-refractivity contribution is 14.0. The topological polar surface area (TPSA) is 55.3 Å². The molecular weight excluding hydrogens is 457 g/mol. The van der Waals surface area contributed by atoms with Crippen molar-refractivity contribution in [2.45, 2.75) is 33.7 Å². The molecule has 1 saturated heterocycles. The van der Waals surface area contributed by atoms with Gasteiger partial charge in [0.15, 0.2) is 17.5 Å². The molecule has 1 aliphatic heterocycles. The van der Waals surface area contributed by atoms with Gasteiger partial charge in [-0.2, -0.15) is 0 Å². The maximum absolute atomic E-state index is 5.66. The van der Waals surface area contributed by atoms with Crippen LogP contribution in [0, 0.1) is 5.92 Å². The Kier molecular flexibility index (Phi) is 11.5. The van der Waals surface area contributed by atoms with Crippen LogP contribution in [0.3, 0.4) is 0 Å². The van der Waals surface area contributed by atoms with Crippen LogP contribution < -0.4 is 14.8 Å². The average Bonchev–Trinajstić information content (AvgIpc) is 3.12. The SMILES string of the molecule is CCNC(=NCc1ccc(OC)c(OCC)c1)N1CCC(COCC)C1.I. The van der Waals surface area contributed by atoms with Crippen LogP contribution >= 0.6 is 24.0 Å². The standard InChI is InChI=1S/C20H33N3O3.HI/c1-5-21-20(23-11-10-17(14-23)15-25-6-2)22-13-16-8-9-18(24-4)19(12-16)26-7-3;/h8-9,12,17H,5-7,10-11,13-15H2,1-4H3,(H,21,22);1H. The van der Waals surface area contributed by atoms with Gasteiger partial charge in [-0.15, -0.1) is 24.0 Å². The van der Waals surface area contributed by atoms with Crippen LogP contribution in [0.15, 0.2) is 23.2 Å². The Balaban J connectivity index is 0.00000364. The lowest BCUT2D eigenvalue weighted by molar-refractivity contribution is 0.114. The summed E-state index contributed by atoms with van der Waals surface area (Å²) in [6.07, 6.45) is 1.15. The van der Waals surface area contributed by atoms with Crippen LogP contribution in [-0.4, -0.2) is 57.4 Å². The van der Waals surface area contributed by atoms with Gasteiger partial charge in [0.1, 0.15) is 0 Å². The number of guanidine groups is 1. The normalized spacial score (nSPS) is 16.8. The average molecular weight is 491 g/mol. The summed E-state index contributed by atoms with van der Waals surface area (Å²) in [6, 6.07) is 5.99. The Morgan fingerprint density at radius 2 is 2.04 bits per heavy atom. The fourth-order valence-electron chi connectivity index (χ4n) is 3.13. The van der Waals surface area contributed by atoms with E-state index in [1.54, 1.807) is 7.11 Å². The highest BCUT2D eigenvalue weighted by atomic mass is 127. The summed E-state index contributed by atoms with van der Waals surface area (Å²) in [4.78, 5) is 7.16. The van der Waals surface area contributed by atoms with E-state index in [-0.39, 0.29) is 24.0 Å². The zero-order chi connectivity index (χ0) is 18.8. The summed E-state index contributed by atoms with van der Waals surface area (Å²) in [7, 11) is 1.66. The fraction of sp³-hybridized carbons (Fsp3) is 0.650. The Morgan fingerprint density at radius 3 is 2.70 bits per heavy atom. The zero-order valence-corrected chi connectivity index (χ0v) is 19.3. The Hall–Kier alpha value is -1.22. The summed E-state index contributed by atoms with van der Waals surface area (Å²) < 4.78 is 16.6. The molecule has 1 aromatic rings. The molecule has 0 aliphatic carbocycles. The van der Waals surface area contributed by atoms with Crippen LogP contribution in [0.5, 0.6) is 11.5 Å². The largest absolute Gasteiger partial charge is 0.493 e. The number of likely N-dealkylation sites (tertiary alicyclic amines) is 1. The quantitative estimate of drug-likeness (QED) is 0.326. The Morgan fingerprint density at radius 1 is 1.22 bits per heavy atom. The third-order valence-electron chi connectivity index (χ3n) is 4.42. The molecule has 154 valence electrons. The van der Waals surface area contributed by atoms with Gasteiger partial charge in [-0.25, -0.2) is 4.99 Å². The molecule has 0 aromatic heterocycles. The van der Waals surface area contributed by atoms with E-state index >= 15 is 0 Å². The lowest BCUT2D eigenvalue weighted by Gasteiger charge is -2.21. The molecule has 27 heavy (non-hydrogen) atoms. The number of benzene rings is 1. The van der Waals surface area contributed by atoms with Crippen LogP contribution in [0.1, 0.15) is 32.8 Å². The maximum Gasteiger partial charge on any atom is 0.194 e. The molecule has 0 saturated carbocycles. The summed E-state index contributed by atoms with van der Waals surface area (Å²) in [5.74, 6) is 3.08. The van der Waals surface area contributed by atoms with E-state index in [0.29, 0.717) is 19.1 Å². The molecule has 1 atom stereocenters. The van der Waals surface area contributed by atoms with Crippen molar-refractivity contribution in [1.29, 1.82) is 0 Å². The van der Waals surface area contributed by atoms with Crippen molar-refractivity contribution in [2.24, 2.45) is 10.9 Å². The minimum Gasteiger partial charge on any atom is -0.493 e. The first-order chi connectivity index (χ1) is 12.7. The van der Waals surface area contributed by atoms with Gasteiger partial charge < -0.3 is 24.4 Å². The first-order valence-electron chi connectivity index (χ1n) is 9.62. The third-order valence-corrected chi connectivity index (χ3v) is 4.42. The lowest BCUT2D eigenvalue weighted by atomic mass is 10.1. The van der Waals surface area contributed by atoms with E-state index in [1.165, 1.54) is 0 Å². The summed E-state index contributed by atoms with van der Waals surface area (Å²) in [5.41, 5.74) is 1.11. The van der Waals surface area contributed by atoms with E-state index in [1.807, 2.05) is 32.0 Å².